The number of rotatable bonds is 4. The van der Waals surface area contributed by atoms with Gasteiger partial charge in [0.25, 0.3) is 0 Å². The van der Waals surface area contributed by atoms with Crippen molar-refractivity contribution in [3.63, 3.8) is 0 Å². The highest BCUT2D eigenvalue weighted by Gasteiger charge is 2.41. The normalized spacial score (nSPS) is 30.3. The number of hydrogen-bond acceptors (Lipinski definition) is 4. The number of fused-ring (bicyclic) bond motifs is 2. The van der Waals surface area contributed by atoms with Crippen LogP contribution in [-0.4, -0.2) is 67.7 Å². The third kappa shape index (κ3) is 3.62. The standard InChI is InChI=1S/C13H21N5O3.HI/c1-14-12(17-9-6-8-2-3-10(9)21-8)15-4-5-18-11(19)7-16-13(18)20;/h8-10H,2-7H2,1H3,(H,16,20)(H2,14,15,17);1H. The van der Waals surface area contributed by atoms with Gasteiger partial charge in [-0.15, -0.1) is 24.0 Å². The second-order valence-electron chi connectivity index (χ2n) is 5.56. The summed E-state index contributed by atoms with van der Waals surface area (Å²) in [6.07, 6.45) is 3.93. The maximum Gasteiger partial charge on any atom is 0.324 e. The van der Waals surface area contributed by atoms with Crippen LogP contribution in [0.3, 0.4) is 0 Å². The van der Waals surface area contributed by atoms with Crippen LogP contribution in [0.25, 0.3) is 0 Å². The first-order chi connectivity index (χ1) is 10.2. The monoisotopic (exact) mass is 423 g/mol. The summed E-state index contributed by atoms with van der Waals surface area (Å²) in [7, 11) is 1.71. The highest BCUT2D eigenvalue weighted by molar-refractivity contribution is 14.0. The largest absolute Gasteiger partial charge is 0.373 e. The van der Waals surface area contributed by atoms with E-state index in [9.17, 15) is 9.59 Å². The highest BCUT2D eigenvalue weighted by Crippen LogP contribution is 2.34. The number of hydrogen-bond donors (Lipinski definition) is 3. The van der Waals surface area contributed by atoms with Gasteiger partial charge in [-0.1, -0.05) is 0 Å². The molecule has 0 saturated carbocycles. The smallest absolute Gasteiger partial charge is 0.324 e. The average Bonchev–Trinajstić information content (AvgIpc) is 3.17. The SMILES string of the molecule is CN=C(NCCN1C(=O)CNC1=O)NC1CC2CCC1O2.I. The van der Waals surface area contributed by atoms with Crippen LogP contribution in [0.5, 0.6) is 0 Å². The predicted molar refractivity (Wildman–Crippen MR) is 91.3 cm³/mol. The summed E-state index contributed by atoms with van der Waals surface area (Å²) in [5.41, 5.74) is 0. The zero-order valence-electron chi connectivity index (χ0n) is 12.5. The number of nitrogens with zero attached hydrogens (tertiary/aromatic N) is 2. The molecule has 0 radical (unpaired) electrons. The number of aliphatic imine (C=N–C) groups is 1. The number of urea groups is 1. The van der Waals surface area contributed by atoms with Crippen molar-refractivity contribution in [1.82, 2.24) is 20.9 Å². The summed E-state index contributed by atoms with van der Waals surface area (Å²) in [4.78, 5) is 28.2. The van der Waals surface area contributed by atoms with Gasteiger partial charge in [0.05, 0.1) is 24.8 Å². The molecule has 3 atom stereocenters. The molecule has 124 valence electrons. The zero-order valence-corrected chi connectivity index (χ0v) is 14.8. The number of ether oxygens (including phenoxy) is 1. The van der Waals surface area contributed by atoms with E-state index in [1.807, 2.05) is 0 Å². The quantitative estimate of drug-likeness (QED) is 0.249. The Morgan fingerprint density at radius 3 is 2.82 bits per heavy atom. The van der Waals surface area contributed by atoms with Crippen molar-refractivity contribution in [3.8, 4) is 0 Å². The summed E-state index contributed by atoms with van der Waals surface area (Å²) in [5, 5.41) is 8.98. The van der Waals surface area contributed by atoms with E-state index < -0.39 is 0 Å². The molecule has 0 spiro atoms. The van der Waals surface area contributed by atoms with Crippen molar-refractivity contribution in [2.75, 3.05) is 26.7 Å². The van der Waals surface area contributed by atoms with E-state index in [2.05, 4.69) is 20.9 Å². The van der Waals surface area contributed by atoms with E-state index in [-0.39, 0.29) is 48.6 Å². The minimum atomic E-state index is -0.328. The maximum absolute atomic E-state index is 11.4. The van der Waals surface area contributed by atoms with Gasteiger partial charge in [0, 0.05) is 20.1 Å². The van der Waals surface area contributed by atoms with Gasteiger partial charge in [-0.3, -0.25) is 14.7 Å². The maximum atomic E-state index is 11.4. The molecule has 3 unspecified atom stereocenters. The summed E-state index contributed by atoms with van der Waals surface area (Å²) in [5.74, 6) is 0.495. The van der Waals surface area contributed by atoms with Crippen LogP contribution >= 0.6 is 24.0 Å². The number of guanidine groups is 1. The third-order valence-corrected chi connectivity index (χ3v) is 4.22. The molecule has 3 aliphatic heterocycles. The molecular formula is C13H22IN5O3. The topological polar surface area (TPSA) is 95.1 Å². The lowest BCUT2D eigenvalue weighted by molar-refractivity contribution is -0.124. The van der Waals surface area contributed by atoms with E-state index in [4.69, 9.17) is 4.74 Å². The summed E-state index contributed by atoms with van der Waals surface area (Å²) >= 11 is 0. The van der Waals surface area contributed by atoms with Gasteiger partial charge in [0.2, 0.25) is 5.91 Å². The van der Waals surface area contributed by atoms with Crippen LogP contribution in [0.15, 0.2) is 4.99 Å². The Kier molecular flexibility index (Phi) is 5.84. The van der Waals surface area contributed by atoms with E-state index in [1.54, 1.807) is 7.05 Å². The molecule has 22 heavy (non-hydrogen) atoms. The Morgan fingerprint density at radius 1 is 1.45 bits per heavy atom. The van der Waals surface area contributed by atoms with E-state index >= 15 is 0 Å². The molecule has 0 aromatic carbocycles. The molecule has 3 amide bonds. The van der Waals surface area contributed by atoms with Crippen LogP contribution in [0.4, 0.5) is 4.79 Å². The lowest BCUT2D eigenvalue weighted by Crippen LogP contribution is -2.49. The van der Waals surface area contributed by atoms with Gasteiger partial charge in [0.1, 0.15) is 0 Å². The van der Waals surface area contributed by atoms with Crippen LogP contribution in [0.1, 0.15) is 19.3 Å². The first-order valence-electron chi connectivity index (χ1n) is 7.38. The Hall–Kier alpha value is -1.10. The van der Waals surface area contributed by atoms with Crippen molar-refractivity contribution in [1.29, 1.82) is 0 Å². The third-order valence-electron chi connectivity index (χ3n) is 4.22. The van der Waals surface area contributed by atoms with Crippen LogP contribution < -0.4 is 16.0 Å². The minimum Gasteiger partial charge on any atom is -0.373 e. The molecule has 3 fully saturated rings. The predicted octanol–water partition coefficient (Wildman–Crippen LogP) is -0.359. The molecule has 2 bridgehead atoms. The average molecular weight is 423 g/mol. The summed E-state index contributed by atoms with van der Waals surface area (Å²) in [6.45, 7) is 0.896. The molecule has 0 aromatic rings. The van der Waals surface area contributed by atoms with Crippen molar-refractivity contribution in [3.05, 3.63) is 0 Å². The molecule has 3 saturated heterocycles. The molecule has 3 aliphatic rings. The zero-order chi connectivity index (χ0) is 14.8. The minimum absolute atomic E-state index is 0. The molecule has 9 heteroatoms. The van der Waals surface area contributed by atoms with Crippen molar-refractivity contribution >= 4 is 41.9 Å². The van der Waals surface area contributed by atoms with Crippen LogP contribution in [0.2, 0.25) is 0 Å². The molecular weight excluding hydrogens is 401 g/mol. The van der Waals surface area contributed by atoms with Gasteiger partial charge < -0.3 is 20.7 Å². The van der Waals surface area contributed by atoms with E-state index in [1.165, 1.54) is 4.90 Å². The summed E-state index contributed by atoms with van der Waals surface area (Å²) in [6, 6.07) is -0.0297. The fourth-order valence-corrected chi connectivity index (χ4v) is 3.13. The van der Waals surface area contributed by atoms with E-state index in [0.29, 0.717) is 31.2 Å². The van der Waals surface area contributed by atoms with Gasteiger partial charge >= 0.3 is 6.03 Å². The van der Waals surface area contributed by atoms with Crippen molar-refractivity contribution in [2.24, 2.45) is 4.99 Å². The first-order valence-corrected chi connectivity index (χ1v) is 7.38. The fourth-order valence-electron chi connectivity index (χ4n) is 3.13. The molecule has 3 rings (SSSR count). The second-order valence-corrected chi connectivity index (χ2v) is 5.56. The molecule has 8 nitrogen and oxygen atoms in total. The van der Waals surface area contributed by atoms with Crippen molar-refractivity contribution < 1.29 is 14.3 Å². The molecule has 0 aliphatic carbocycles. The Balaban J connectivity index is 0.00000176. The Labute approximate surface area is 146 Å². The van der Waals surface area contributed by atoms with Crippen LogP contribution in [0, 0.1) is 0 Å². The number of halogens is 1. The van der Waals surface area contributed by atoms with Gasteiger partial charge in [-0.2, -0.15) is 0 Å². The molecule has 3 N–H and O–H groups in total. The number of amides is 3. The lowest BCUT2D eigenvalue weighted by Gasteiger charge is -2.23. The number of imide groups is 1. The number of carbonyl (C=O) groups is 2. The number of nitrogens with one attached hydrogen (secondary N) is 3. The Morgan fingerprint density at radius 2 is 2.27 bits per heavy atom. The molecule has 0 aromatic heterocycles. The summed E-state index contributed by atoms with van der Waals surface area (Å²) < 4.78 is 5.79. The van der Waals surface area contributed by atoms with Gasteiger partial charge in [-0.25, -0.2) is 4.79 Å². The molecule has 3 heterocycles. The van der Waals surface area contributed by atoms with Crippen molar-refractivity contribution in [2.45, 2.75) is 37.5 Å². The Bertz CT molecular complexity index is 457. The number of carbonyl (C=O) groups excluding carboxylic acids is 2. The van der Waals surface area contributed by atoms with E-state index in [0.717, 1.165) is 19.3 Å². The van der Waals surface area contributed by atoms with Crippen LogP contribution in [-0.2, 0) is 9.53 Å². The van der Waals surface area contributed by atoms with Gasteiger partial charge in [-0.05, 0) is 19.3 Å². The fraction of sp³-hybridized carbons (Fsp3) is 0.769. The lowest BCUT2D eigenvalue weighted by atomic mass is 9.96. The highest BCUT2D eigenvalue weighted by atomic mass is 127. The first kappa shape index (κ1) is 17.3. The second kappa shape index (κ2) is 7.44. The van der Waals surface area contributed by atoms with Gasteiger partial charge in [0.15, 0.2) is 5.96 Å².